The zero-order valence-electron chi connectivity index (χ0n) is 11.4. The molecular weight excluding hydrogens is 361 g/mol. The van der Waals surface area contributed by atoms with Gasteiger partial charge in [0.05, 0.1) is 4.90 Å². The summed E-state index contributed by atoms with van der Waals surface area (Å²) in [5.74, 6) is 0.368. The zero-order chi connectivity index (χ0) is 16.6. The number of rotatable bonds is 3. The second-order valence-electron chi connectivity index (χ2n) is 4.64. The van der Waals surface area contributed by atoms with E-state index in [9.17, 15) is 8.42 Å². The Balaban J connectivity index is 2.02. The van der Waals surface area contributed by atoms with Gasteiger partial charge in [-0.15, -0.1) is 10.2 Å². The first kappa shape index (κ1) is 15.9. The van der Waals surface area contributed by atoms with Crippen molar-refractivity contribution < 1.29 is 12.8 Å². The minimum atomic E-state index is -3.81. The van der Waals surface area contributed by atoms with Crippen LogP contribution in [0.5, 0.6) is 0 Å². The number of nitrogens with two attached hydrogens (primary N) is 1. The molecule has 0 amide bonds. The van der Waals surface area contributed by atoms with Crippen LogP contribution in [0.15, 0.2) is 51.8 Å². The number of primary sulfonamides is 1. The molecule has 1 heterocycles. The summed E-state index contributed by atoms with van der Waals surface area (Å²) in [6, 6.07) is 10.8. The summed E-state index contributed by atoms with van der Waals surface area (Å²) < 4.78 is 28.4. The normalized spacial score (nSPS) is 11.6. The predicted molar refractivity (Wildman–Crippen MR) is 86.6 cm³/mol. The molecule has 118 valence electrons. The number of sulfonamides is 1. The summed E-state index contributed by atoms with van der Waals surface area (Å²) in [6.45, 7) is 0. The van der Waals surface area contributed by atoms with E-state index in [1.807, 2.05) is 0 Å². The molecule has 0 aliphatic rings. The van der Waals surface area contributed by atoms with Crippen LogP contribution in [0.25, 0.3) is 22.9 Å². The van der Waals surface area contributed by atoms with Gasteiger partial charge in [0.2, 0.25) is 21.8 Å². The fourth-order valence-corrected chi connectivity index (χ4v) is 3.03. The molecular formula is C14H9Cl2N3O3S. The Kier molecular flexibility index (Phi) is 4.11. The molecule has 3 rings (SSSR count). The molecule has 0 aliphatic heterocycles. The third-order valence-corrected chi connectivity index (χ3v) is 4.29. The Morgan fingerprint density at radius 1 is 0.913 bits per heavy atom. The van der Waals surface area contributed by atoms with Crippen LogP contribution in [0, 0.1) is 0 Å². The summed E-state index contributed by atoms with van der Waals surface area (Å²) >= 11 is 11.9. The molecule has 0 radical (unpaired) electrons. The number of benzene rings is 2. The molecule has 23 heavy (non-hydrogen) atoms. The van der Waals surface area contributed by atoms with Crippen LogP contribution in [-0.4, -0.2) is 18.6 Å². The average Bonchev–Trinajstić information content (AvgIpc) is 2.95. The van der Waals surface area contributed by atoms with Crippen LogP contribution >= 0.6 is 23.2 Å². The van der Waals surface area contributed by atoms with Gasteiger partial charge in [-0.05, 0) is 36.4 Å². The maximum Gasteiger partial charge on any atom is 0.248 e. The molecule has 0 saturated carbocycles. The number of hydrogen-bond acceptors (Lipinski definition) is 5. The van der Waals surface area contributed by atoms with Gasteiger partial charge in [0.25, 0.3) is 0 Å². The molecule has 0 bridgehead atoms. The van der Waals surface area contributed by atoms with Crippen molar-refractivity contribution in [2.75, 3.05) is 0 Å². The summed E-state index contributed by atoms with van der Waals surface area (Å²) in [5.41, 5.74) is 0.993. The van der Waals surface area contributed by atoms with Gasteiger partial charge in [-0.1, -0.05) is 29.3 Å². The Labute approximate surface area is 141 Å². The van der Waals surface area contributed by atoms with Crippen LogP contribution in [0.4, 0.5) is 0 Å². The monoisotopic (exact) mass is 369 g/mol. The number of nitrogens with zero attached hydrogens (tertiary/aromatic N) is 2. The van der Waals surface area contributed by atoms with Crippen molar-refractivity contribution in [1.29, 1.82) is 0 Å². The molecule has 0 unspecified atom stereocenters. The lowest BCUT2D eigenvalue weighted by atomic mass is 10.2. The van der Waals surface area contributed by atoms with Crippen molar-refractivity contribution in [2.24, 2.45) is 5.14 Å². The highest BCUT2D eigenvalue weighted by atomic mass is 35.5. The molecule has 2 aromatic carbocycles. The predicted octanol–water partition coefficient (Wildman–Crippen LogP) is 3.36. The summed E-state index contributed by atoms with van der Waals surface area (Å²) in [7, 11) is -3.81. The van der Waals surface area contributed by atoms with E-state index in [0.717, 1.165) is 0 Å². The standard InChI is InChI=1S/C14H9Cl2N3O3S/c15-10-4-9(5-11(16)7-10)14-19-18-13(22-14)8-2-1-3-12(6-8)23(17,20)21/h1-7H,(H2,17,20,21). The number of hydrogen-bond donors (Lipinski definition) is 1. The first-order chi connectivity index (χ1) is 10.8. The lowest BCUT2D eigenvalue weighted by molar-refractivity contribution is 0.584. The van der Waals surface area contributed by atoms with E-state index in [0.29, 0.717) is 21.2 Å². The van der Waals surface area contributed by atoms with E-state index in [4.69, 9.17) is 32.8 Å². The Bertz CT molecular complexity index is 966. The summed E-state index contributed by atoms with van der Waals surface area (Å²) in [5, 5.41) is 13.8. The van der Waals surface area contributed by atoms with Crippen molar-refractivity contribution in [1.82, 2.24) is 10.2 Å². The van der Waals surface area contributed by atoms with Gasteiger partial charge in [0, 0.05) is 21.2 Å². The van der Waals surface area contributed by atoms with Crippen LogP contribution < -0.4 is 5.14 Å². The van der Waals surface area contributed by atoms with Gasteiger partial charge in [0.1, 0.15) is 0 Å². The maximum absolute atomic E-state index is 11.4. The van der Waals surface area contributed by atoms with Crippen LogP contribution in [0.3, 0.4) is 0 Å². The zero-order valence-corrected chi connectivity index (χ0v) is 13.7. The number of aromatic nitrogens is 2. The topological polar surface area (TPSA) is 99.1 Å². The van der Waals surface area contributed by atoms with Crippen molar-refractivity contribution in [2.45, 2.75) is 4.90 Å². The molecule has 9 heteroatoms. The largest absolute Gasteiger partial charge is 0.416 e. The Hall–Kier alpha value is -1.93. The van der Waals surface area contributed by atoms with Gasteiger partial charge in [-0.3, -0.25) is 0 Å². The molecule has 0 fully saturated rings. The van der Waals surface area contributed by atoms with Crippen molar-refractivity contribution >= 4 is 33.2 Å². The molecule has 0 atom stereocenters. The van der Waals surface area contributed by atoms with E-state index >= 15 is 0 Å². The molecule has 6 nitrogen and oxygen atoms in total. The van der Waals surface area contributed by atoms with E-state index in [-0.39, 0.29) is 16.7 Å². The molecule has 1 aromatic heterocycles. The quantitative estimate of drug-likeness (QED) is 0.762. The molecule has 3 aromatic rings. The first-order valence-electron chi connectivity index (χ1n) is 6.26. The fraction of sp³-hybridized carbons (Fsp3) is 0. The molecule has 0 aliphatic carbocycles. The fourth-order valence-electron chi connectivity index (χ4n) is 1.94. The third-order valence-electron chi connectivity index (χ3n) is 2.94. The molecule has 0 saturated heterocycles. The highest BCUT2D eigenvalue weighted by Gasteiger charge is 2.14. The summed E-state index contributed by atoms with van der Waals surface area (Å²) in [6.07, 6.45) is 0. The van der Waals surface area contributed by atoms with Crippen LogP contribution in [-0.2, 0) is 10.0 Å². The van der Waals surface area contributed by atoms with Crippen molar-refractivity contribution in [3.8, 4) is 22.9 Å². The number of halogens is 2. The van der Waals surface area contributed by atoms with Gasteiger partial charge in [-0.2, -0.15) is 0 Å². The third kappa shape index (κ3) is 3.53. The lowest BCUT2D eigenvalue weighted by Crippen LogP contribution is -2.11. The maximum atomic E-state index is 11.4. The van der Waals surface area contributed by atoms with E-state index < -0.39 is 10.0 Å². The minimum Gasteiger partial charge on any atom is -0.416 e. The van der Waals surface area contributed by atoms with E-state index in [2.05, 4.69) is 10.2 Å². The second kappa shape index (κ2) is 5.93. The SMILES string of the molecule is NS(=O)(=O)c1cccc(-c2nnc(-c3cc(Cl)cc(Cl)c3)o2)c1. The van der Waals surface area contributed by atoms with Crippen LogP contribution in [0.2, 0.25) is 10.0 Å². The highest BCUT2D eigenvalue weighted by molar-refractivity contribution is 7.89. The van der Waals surface area contributed by atoms with Crippen LogP contribution in [0.1, 0.15) is 0 Å². The molecule has 2 N–H and O–H groups in total. The van der Waals surface area contributed by atoms with Gasteiger partial charge >= 0.3 is 0 Å². The van der Waals surface area contributed by atoms with Gasteiger partial charge in [-0.25, -0.2) is 13.6 Å². The smallest absolute Gasteiger partial charge is 0.248 e. The first-order valence-corrected chi connectivity index (χ1v) is 8.56. The van der Waals surface area contributed by atoms with Crippen molar-refractivity contribution in [3.05, 3.63) is 52.5 Å². The lowest BCUT2D eigenvalue weighted by Gasteiger charge is -2.00. The van der Waals surface area contributed by atoms with E-state index in [1.54, 1.807) is 24.3 Å². The Morgan fingerprint density at radius 2 is 1.52 bits per heavy atom. The Morgan fingerprint density at radius 3 is 2.13 bits per heavy atom. The highest BCUT2D eigenvalue weighted by Crippen LogP contribution is 2.29. The van der Waals surface area contributed by atoms with E-state index in [1.165, 1.54) is 18.2 Å². The minimum absolute atomic E-state index is 0.0412. The second-order valence-corrected chi connectivity index (χ2v) is 7.08. The summed E-state index contributed by atoms with van der Waals surface area (Å²) in [4.78, 5) is -0.0412. The van der Waals surface area contributed by atoms with Gasteiger partial charge < -0.3 is 4.42 Å². The van der Waals surface area contributed by atoms with Crippen molar-refractivity contribution in [3.63, 3.8) is 0 Å². The average molecular weight is 370 g/mol. The molecule has 0 spiro atoms. The van der Waals surface area contributed by atoms with Gasteiger partial charge in [0.15, 0.2) is 0 Å².